The molecule has 138 valence electrons. The molecular formula is C20H20BrClFNO2. The van der Waals surface area contributed by atoms with Crippen LogP contribution >= 0.6 is 27.5 Å². The number of anilines is 1. The summed E-state index contributed by atoms with van der Waals surface area (Å²) in [5.74, 6) is -0.322. The smallest absolute Gasteiger partial charge is 0.415 e. The monoisotopic (exact) mass is 439 g/mol. The summed E-state index contributed by atoms with van der Waals surface area (Å²) in [4.78, 5) is 14.5. The standard InChI is InChI=1S/C20H20BrClFNO2/c1-20(2,3)26-19(25)24-17(12-4-6-14(22)7-5-12)9-8-15-16(23)10-13(21)11-18(15)24/h4-7,10-11,17H,8-9H2,1-3H3. The van der Waals surface area contributed by atoms with E-state index < -0.39 is 11.7 Å². The Morgan fingerprint density at radius 3 is 2.54 bits per heavy atom. The summed E-state index contributed by atoms with van der Waals surface area (Å²) in [5, 5.41) is 0.627. The second-order valence-electron chi connectivity index (χ2n) is 7.34. The van der Waals surface area contributed by atoms with Crippen LogP contribution in [0.25, 0.3) is 0 Å². The molecule has 3 rings (SSSR count). The van der Waals surface area contributed by atoms with Gasteiger partial charge in [-0.2, -0.15) is 0 Å². The third-order valence-corrected chi connectivity index (χ3v) is 4.93. The summed E-state index contributed by atoms with van der Waals surface area (Å²) in [5.41, 5.74) is 1.36. The van der Waals surface area contributed by atoms with Crippen LogP contribution in [-0.4, -0.2) is 11.7 Å². The van der Waals surface area contributed by atoms with Crippen LogP contribution in [0.3, 0.4) is 0 Å². The van der Waals surface area contributed by atoms with Crippen LogP contribution in [0.15, 0.2) is 40.9 Å². The molecule has 0 fully saturated rings. The van der Waals surface area contributed by atoms with Crippen LogP contribution < -0.4 is 4.90 Å². The minimum atomic E-state index is -0.649. The van der Waals surface area contributed by atoms with E-state index in [1.807, 2.05) is 32.9 Å². The maximum atomic E-state index is 14.5. The molecule has 1 unspecified atom stereocenters. The fraction of sp³-hybridized carbons (Fsp3) is 0.350. The third-order valence-electron chi connectivity index (χ3n) is 4.22. The predicted molar refractivity (Wildman–Crippen MR) is 105 cm³/mol. The van der Waals surface area contributed by atoms with E-state index in [1.54, 1.807) is 23.1 Å². The molecule has 0 radical (unpaired) electrons. The summed E-state index contributed by atoms with van der Waals surface area (Å²) >= 11 is 9.33. The molecule has 1 aliphatic rings. The lowest BCUT2D eigenvalue weighted by molar-refractivity contribution is 0.0559. The maximum Gasteiger partial charge on any atom is 0.415 e. The minimum Gasteiger partial charge on any atom is -0.443 e. The number of nitrogens with zero attached hydrogens (tertiary/aromatic N) is 1. The van der Waals surface area contributed by atoms with Crippen molar-refractivity contribution in [3.8, 4) is 0 Å². The molecule has 3 nitrogen and oxygen atoms in total. The number of halogens is 3. The van der Waals surface area contributed by atoms with Gasteiger partial charge in [-0.1, -0.05) is 39.7 Å². The number of carbonyl (C=O) groups excluding carboxylic acids is 1. The first kappa shape index (κ1) is 19.2. The molecule has 2 aromatic carbocycles. The number of hydrogen-bond acceptors (Lipinski definition) is 2. The lowest BCUT2D eigenvalue weighted by atomic mass is 9.91. The van der Waals surface area contributed by atoms with E-state index in [-0.39, 0.29) is 11.9 Å². The zero-order chi connectivity index (χ0) is 19.1. The molecule has 1 heterocycles. The van der Waals surface area contributed by atoms with E-state index in [0.29, 0.717) is 33.6 Å². The van der Waals surface area contributed by atoms with Crippen molar-refractivity contribution in [3.63, 3.8) is 0 Å². The zero-order valence-corrected chi connectivity index (χ0v) is 17.2. The highest BCUT2D eigenvalue weighted by Crippen LogP contribution is 2.42. The van der Waals surface area contributed by atoms with Crippen LogP contribution in [0, 0.1) is 5.82 Å². The van der Waals surface area contributed by atoms with Crippen molar-refractivity contribution in [1.82, 2.24) is 0 Å². The largest absolute Gasteiger partial charge is 0.443 e. The summed E-state index contributed by atoms with van der Waals surface area (Å²) in [6.07, 6.45) is 0.656. The van der Waals surface area contributed by atoms with Crippen LogP contribution in [0.5, 0.6) is 0 Å². The Morgan fingerprint density at radius 2 is 1.92 bits per heavy atom. The van der Waals surface area contributed by atoms with Gasteiger partial charge in [0, 0.05) is 15.1 Å². The molecule has 1 atom stereocenters. The first-order chi connectivity index (χ1) is 12.2. The van der Waals surface area contributed by atoms with Crippen molar-refractivity contribution in [2.24, 2.45) is 0 Å². The SMILES string of the molecule is CC(C)(C)OC(=O)N1c2cc(Br)cc(F)c2CCC1c1ccc(Cl)cc1. The molecule has 0 N–H and O–H groups in total. The van der Waals surface area contributed by atoms with Gasteiger partial charge in [-0.15, -0.1) is 0 Å². The Kier molecular flexibility index (Phi) is 5.31. The highest BCUT2D eigenvalue weighted by atomic mass is 79.9. The van der Waals surface area contributed by atoms with Crippen molar-refractivity contribution < 1.29 is 13.9 Å². The molecule has 0 aromatic heterocycles. The highest BCUT2D eigenvalue weighted by Gasteiger charge is 2.36. The highest BCUT2D eigenvalue weighted by molar-refractivity contribution is 9.10. The first-order valence-corrected chi connectivity index (χ1v) is 9.58. The van der Waals surface area contributed by atoms with Crippen molar-refractivity contribution >= 4 is 39.3 Å². The van der Waals surface area contributed by atoms with Gasteiger partial charge in [0.1, 0.15) is 11.4 Å². The topological polar surface area (TPSA) is 29.5 Å². The van der Waals surface area contributed by atoms with E-state index >= 15 is 0 Å². The van der Waals surface area contributed by atoms with E-state index in [2.05, 4.69) is 15.9 Å². The van der Waals surface area contributed by atoms with E-state index in [1.165, 1.54) is 6.07 Å². The van der Waals surface area contributed by atoms with E-state index in [9.17, 15) is 9.18 Å². The lowest BCUT2D eigenvalue weighted by Crippen LogP contribution is -2.42. The number of benzene rings is 2. The molecule has 2 aromatic rings. The molecular weight excluding hydrogens is 421 g/mol. The van der Waals surface area contributed by atoms with Crippen molar-refractivity contribution in [2.45, 2.75) is 45.3 Å². The van der Waals surface area contributed by atoms with Gasteiger partial charge in [0.05, 0.1) is 11.7 Å². The summed E-state index contributed by atoms with van der Waals surface area (Å²) in [6, 6.07) is 10.3. The fourth-order valence-electron chi connectivity index (χ4n) is 3.17. The van der Waals surface area contributed by atoms with Crippen LogP contribution in [0.1, 0.15) is 44.4 Å². The van der Waals surface area contributed by atoms with Gasteiger partial charge in [0.15, 0.2) is 0 Å². The lowest BCUT2D eigenvalue weighted by Gasteiger charge is -2.38. The van der Waals surface area contributed by atoms with Crippen molar-refractivity contribution in [1.29, 1.82) is 0 Å². The number of amides is 1. The number of ether oxygens (including phenoxy) is 1. The number of rotatable bonds is 1. The van der Waals surface area contributed by atoms with Crippen LogP contribution in [-0.2, 0) is 11.2 Å². The maximum absolute atomic E-state index is 14.5. The molecule has 1 amide bonds. The third kappa shape index (κ3) is 4.04. The second-order valence-corrected chi connectivity index (χ2v) is 8.69. The normalized spacial score (nSPS) is 17.0. The Labute approximate surface area is 166 Å². The molecule has 0 aliphatic carbocycles. The molecule has 0 bridgehead atoms. The summed E-state index contributed by atoms with van der Waals surface area (Å²) in [6.45, 7) is 5.44. The molecule has 6 heteroatoms. The molecule has 0 saturated heterocycles. The van der Waals surface area contributed by atoms with Crippen LogP contribution in [0.2, 0.25) is 5.02 Å². The average Bonchev–Trinajstić information content (AvgIpc) is 2.52. The first-order valence-electron chi connectivity index (χ1n) is 8.41. The second kappa shape index (κ2) is 7.20. The number of hydrogen-bond donors (Lipinski definition) is 0. The molecule has 26 heavy (non-hydrogen) atoms. The van der Waals surface area contributed by atoms with Crippen molar-refractivity contribution in [2.75, 3.05) is 4.90 Å². The summed E-state index contributed by atoms with van der Waals surface area (Å²) < 4.78 is 20.7. The van der Waals surface area contributed by atoms with Gasteiger partial charge < -0.3 is 4.74 Å². The van der Waals surface area contributed by atoms with Gasteiger partial charge in [0.25, 0.3) is 0 Å². The number of carbonyl (C=O) groups is 1. The molecule has 1 aliphatic heterocycles. The molecule has 0 spiro atoms. The Balaban J connectivity index is 2.09. The summed E-state index contributed by atoms with van der Waals surface area (Å²) in [7, 11) is 0. The van der Waals surface area contributed by atoms with E-state index in [0.717, 1.165) is 5.56 Å². The van der Waals surface area contributed by atoms with Gasteiger partial charge in [0.2, 0.25) is 0 Å². The number of fused-ring (bicyclic) bond motifs is 1. The zero-order valence-electron chi connectivity index (χ0n) is 14.9. The van der Waals surface area contributed by atoms with Gasteiger partial charge >= 0.3 is 6.09 Å². The van der Waals surface area contributed by atoms with Gasteiger partial charge in [-0.3, -0.25) is 4.90 Å². The predicted octanol–water partition coefficient (Wildman–Crippen LogP) is 6.67. The van der Waals surface area contributed by atoms with Gasteiger partial charge in [-0.25, -0.2) is 9.18 Å². The Bertz CT molecular complexity index is 833. The average molecular weight is 441 g/mol. The van der Waals surface area contributed by atoms with E-state index in [4.69, 9.17) is 16.3 Å². The van der Waals surface area contributed by atoms with Crippen molar-refractivity contribution in [3.05, 3.63) is 62.8 Å². The van der Waals surface area contributed by atoms with Gasteiger partial charge in [-0.05, 0) is 63.4 Å². The molecule has 0 saturated carbocycles. The Morgan fingerprint density at radius 1 is 1.27 bits per heavy atom. The quantitative estimate of drug-likeness (QED) is 0.495. The minimum absolute atomic E-state index is 0.247. The fourth-order valence-corrected chi connectivity index (χ4v) is 3.71. The van der Waals surface area contributed by atoms with Crippen LogP contribution in [0.4, 0.5) is 14.9 Å². The Hall–Kier alpha value is -1.59.